The van der Waals surface area contributed by atoms with E-state index in [1.54, 1.807) is 37.3 Å². The van der Waals surface area contributed by atoms with Crippen LogP contribution in [0, 0.1) is 6.92 Å². The van der Waals surface area contributed by atoms with Gasteiger partial charge < -0.3 is 35.6 Å². The zero-order chi connectivity index (χ0) is 26.9. The van der Waals surface area contributed by atoms with Gasteiger partial charge in [-0.2, -0.15) is 4.37 Å². The number of primary amides is 1. The summed E-state index contributed by atoms with van der Waals surface area (Å²) >= 11 is 0.745. The molecule has 0 spiro atoms. The summed E-state index contributed by atoms with van der Waals surface area (Å²) in [5.74, 6) is 0.0637. The lowest BCUT2D eigenvalue weighted by Gasteiger charge is -2.33. The van der Waals surface area contributed by atoms with E-state index >= 15 is 0 Å². The van der Waals surface area contributed by atoms with Gasteiger partial charge in [0.25, 0.3) is 17.7 Å². The molecule has 0 aliphatic carbocycles. The van der Waals surface area contributed by atoms with Crippen LogP contribution in [0.2, 0.25) is 0 Å². The Morgan fingerprint density at radius 1 is 1.19 bits per heavy atom. The minimum absolute atomic E-state index is 0.00891. The molecule has 11 nitrogen and oxygen atoms in total. The van der Waals surface area contributed by atoms with Crippen LogP contribution in [-0.4, -0.2) is 39.3 Å². The lowest BCUT2D eigenvalue weighted by atomic mass is 10.0. The summed E-state index contributed by atoms with van der Waals surface area (Å²) in [5, 5.41) is 3.01. The number of anilines is 1. The van der Waals surface area contributed by atoms with E-state index in [2.05, 4.69) is 9.69 Å². The van der Waals surface area contributed by atoms with Gasteiger partial charge in [0.05, 0.1) is 5.69 Å². The van der Waals surface area contributed by atoms with E-state index in [1.807, 2.05) is 20.8 Å². The average Bonchev–Trinajstić information content (AvgIpc) is 3.57. The molecule has 3 heterocycles. The summed E-state index contributed by atoms with van der Waals surface area (Å²) < 4.78 is 20.7. The van der Waals surface area contributed by atoms with Gasteiger partial charge in [-0.15, -0.1) is 0 Å². The number of aryl methyl sites for hydroxylation is 1. The van der Waals surface area contributed by atoms with Crippen molar-refractivity contribution in [1.82, 2.24) is 14.6 Å². The molecule has 0 saturated carbocycles. The number of rotatable bonds is 9. The Kier molecular flexibility index (Phi) is 7.12. The van der Waals surface area contributed by atoms with Crippen molar-refractivity contribution in [2.75, 3.05) is 12.5 Å². The monoisotopic (exact) mass is 527 g/mol. The van der Waals surface area contributed by atoms with Crippen molar-refractivity contribution >= 4 is 34.9 Å². The molecular formula is C25H29N5O6S. The Labute approximate surface area is 217 Å². The second-order valence-electron chi connectivity index (χ2n) is 9.34. The summed E-state index contributed by atoms with van der Waals surface area (Å²) in [6.45, 7) is 7.56. The van der Waals surface area contributed by atoms with Crippen LogP contribution in [0.5, 0.6) is 11.5 Å². The molecule has 0 saturated heterocycles. The molecule has 12 heteroatoms. The molecule has 1 aliphatic rings. The quantitative estimate of drug-likeness (QED) is 0.382. The van der Waals surface area contributed by atoms with E-state index < -0.39 is 29.3 Å². The summed E-state index contributed by atoms with van der Waals surface area (Å²) in [4.78, 5) is 40.8. The van der Waals surface area contributed by atoms with Gasteiger partial charge in [0.15, 0.2) is 23.2 Å². The van der Waals surface area contributed by atoms with E-state index in [0.29, 0.717) is 29.2 Å². The van der Waals surface area contributed by atoms with Crippen LogP contribution < -0.4 is 26.3 Å². The fourth-order valence-corrected chi connectivity index (χ4v) is 4.55. The van der Waals surface area contributed by atoms with Gasteiger partial charge in [0.2, 0.25) is 6.79 Å². The highest BCUT2D eigenvalue weighted by Gasteiger charge is 2.38. The van der Waals surface area contributed by atoms with E-state index in [1.165, 1.54) is 4.90 Å². The molecule has 3 aromatic rings. The Balaban J connectivity index is 1.81. The Morgan fingerprint density at radius 2 is 1.92 bits per heavy atom. The summed E-state index contributed by atoms with van der Waals surface area (Å²) in [6, 6.07) is 7.47. The van der Waals surface area contributed by atoms with E-state index in [-0.39, 0.29) is 35.4 Å². The van der Waals surface area contributed by atoms with Crippen molar-refractivity contribution in [1.29, 1.82) is 0 Å². The minimum Gasteiger partial charge on any atom is -0.464 e. The Bertz CT molecular complexity index is 1350. The zero-order valence-corrected chi connectivity index (χ0v) is 21.8. The number of nitrogen functional groups attached to an aromatic ring is 1. The number of aromatic nitrogens is 1. The maximum absolute atomic E-state index is 14.0. The van der Waals surface area contributed by atoms with Crippen molar-refractivity contribution < 1.29 is 28.3 Å². The molecule has 1 aromatic carbocycles. The number of nitrogens with zero attached hydrogens (tertiary/aromatic N) is 2. The Morgan fingerprint density at radius 3 is 2.54 bits per heavy atom. The predicted molar refractivity (Wildman–Crippen MR) is 136 cm³/mol. The second-order valence-corrected chi connectivity index (χ2v) is 10.1. The van der Waals surface area contributed by atoms with Crippen molar-refractivity contribution in [3.63, 3.8) is 0 Å². The zero-order valence-electron chi connectivity index (χ0n) is 21.0. The van der Waals surface area contributed by atoms with Gasteiger partial charge >= 0.3 is 0 Å². The first-order valence-electron chi connectivity index (χ1n) is 11.6. The first-order valence-corrected chi connectivity index (χ1v) is 12.4. The molecule has 0 unspecified atom stereocenters. The highest BCUT2D eigenvalue weighted by Crippen LogP contribution is 2.35. The number of benzene rings is 1. The van der Waals surface area contributed by atoms with Gasteiger partial charge in [-0.3, -0.25) is 14.4 Å². The predicted octanol–water partition coefficient (Wildman–Crippen LogP) is 3.14. The van der Waals surface area contributed by atoms with Crippen LogP contribution in [0.25, 0.3) is 0 Å². The highest BCUT2D eigenvalue weighted by molar-refractivity contribution is 7.09. The number of nitrogens with one attached hydrogen (secondary N) is 1. The number of fused-ring (bicyclic) bond motifs is 1. The molecule has 2 aromatic heterocycles. The second kappa shape index (κ2) is 10.1. The molecule has 1 atom stereocenters. The van der Waals surface area contributed by atoms with Crippen molar-refractivity contribution in [3.8, 4) is 11.5 Å². The number of furan rings is 1. The van der Waals surface area contributed by atoms with Crippen molar-refractivity contribution in [2.24, 2.45) is 5.73 Å². The average molecular weight is 528 g/mol. The molecule has 0 radical (unpaired) electrons. The topological polar surface area (TPSA) is 163 Å². The highest BCUT2D eigenvalue weighted by atomic mass is 32.1. The third-order valence-electron chi connectivity index (χ3n) is 6.14. The van der Waals surface area contributed by atoms with Gasteiger partial charge in [-0.25, -0.2) is 0 Å². The molecule has 196 valence electrons. The summed E-state index contributed by atoms with van der Waals surface area (Å²) in [7, 11) is 0. The number of hydrogen-bond acceptors (Lipinski definition) is 9. The minimum atomic E-state index is -1.16. The standard InChI is InChI=1S/C25H29N5O6S/c1-5-25(3,4)28-23(32)20(16-8-6-13(2)36-16)30(11-14-7-9-15-17(10-14)35-12-34-15)24(33)21-18(26)19(22(27)31)29-37-21/h6-10,20H,5,11-12,26H2,1-4H3,(H2,27,31)(H,28,32)/t20-/m1/s1. The van der Waals surface area contributed by atoms with Gasteiger partial charge in [0, 0.05) is 12.1 Å². The van der Waals surface area contributed by atoms with Crippen molar-refractivity contribution in [2.45, 2.75) is 52.2 Å². The SMILES string of the molecule is CCC(C)(C)NC(=O)[C@@H](c1ccc(C)o1)N(Cc1ccc2c(c1)OCO2)C(=O)c1snc(C(N)=O)c1N. The van der Waals surface area contributed by atoms with Crippen LogP contribution in [0.15, 0.2) is 34.7 Å². The van der Waals surface area contributed by atoms with E-state index in [4.69, 9.17) is 25.4 Å². The van der Waals surface area contributed by atoms with E-state index in [9.17, 15) is 14.4 Å². The molecule has 3 amide bonds. The van der Waals surface area contributed by atoms with Crippen LogP contribution in [0.3, 0.4) is 0 Å². The van der Waals surface area contributed by atoms with Crippen LogP contribution in [-0.2, 0) is 11.3 Å². The number of amides is 3. The number of hydrogen-bond donors (Lipinski definition) is 3. The summed E-state index contributed by atoms with van der Waals surface area (Å²) in [5.41, 5.74) is 11.2. The van der Waals surface area contributed by atoms with Gasteiger partial charge in [0.1, 0.15) is 16.4 Å². The van der Waals surface area contributed by atoms with E-state index in [0.717, 1.165) is 11.5 Å². The van der Waals surface area contributed by atoms with Gasteiger partial charge in [-0.05, 0) is 68.6 Å². The molecule has 4 rings (SSSR count). The fraction of sp³-hybridized carbons (Fsp3) is 0.360. The maximum Gasteiger partial charge on any atom is 0.270 e. The van der Waals surface area contributed by atoms with Crippen molar-refractivity contribution in [3.05, 3.63) is 58.0 Å². The molecule has 0 fully saturated rings. The third-order valence-corrected chi connectivity index (χ3v) is 6.99. The smallest absolute Gasteiger partial charge is 0.270 e. The largest absolute Gasteiger partial charge is 0.464 e. The van der Waals surface area contributed by atoms with Gasteiger partial charge in [-0.1, -0.05) is 13.0 Å². The summed E-state index contributed by atoms with van der Waals surface area (Å²) in [6.07, 6.45) is 0.655. The van der Waals surface area contributed by atoms with Crippen LogP contribution in [0.4, 0.5) is 5.69 Å². The third kappa shape index (κ3) is 5.38. The first-order chi connectivity index (χ1) is 17.5. The molecule has 5 N–H and O–H groups in total. The molecule has 0 bridgehead atoms. The Hall–Kier alpha value is -4.06. The number of nitrogens with two attached hydrogens (primary N) is 2. The number of ether oxygens (including phenoxy) is 2. The lowest BCUT2D eigenvalue weighted by Crippen LogP contribution is -2.50. The molecule has 1 aliphatic heterocycles. The fourth-order valence-electron chi connectivity index (χ4n) is 3.79. The number of carbonyl (C=O) groups is 3. The van der Waals surface area contributed by atoms with Crippen LogP contribution in [0.1, 0.15) is 70.5 Å². The number of carbonyl (C=O) groups excluding carboxylic acids is 3. The first kappa shape index (κ1) is 26.0. The molecule has 37 heavy (non-hydrogen) atoms. The molecular weight excluding hydrogens is 498 g/mol. The normalized spacial score (nSPS) is 13.3. The lowest BCUT2D eigenvalue weighted by molar-refractivity contribution is -0.128. The van der Waals surface area contributed by atoms with Crippen LogP contribution >= 0.6 is 11.5 Å². The maximum atomic E-state index is 14.0.